The van der Waals surface area contributed by atoms with Gasteiger partial charge in [0.2, 0.25) is 0 Å². The molecule has 2 aromatic rings. The van der Waals surface area contributed by atoms with Crippen molar-refractivity contribution in [2.75, 3.05) is 31.7 Å². The van der Waals surface area contributed by atoms with Crippen LogP contribution in [0.5, 0.6) is 5.75 Å². The van der Waals surface area contributed by atoms with Gasteiger partial charge >= 0.3 is 5.97 Å². The Labute approximate surface area is 160 Å². The first-order valence-electron chi connectivity index (χ1n) is 8.12. The Morgan fingerprint density at radius 2 is 1.77 bits per heavy atom. The zero-order chi connectivity index (χ0) is 18.8. The van der Waals surface area contributed by atoms with Gasteiger partial charge in [-0.05, 0) is 59.3 Å². The number of carbonyl (C=O) groups is 2. The van der Waals surface area contributed by atoms with E-state index in [0.29, 0.717) is 30.2 Å². The van der Waals surface area contributed by atoms with Crippen molar-refractivity contribution in [2.24, 2.45) is 0 Å². The van der Waals surface area contributed by atoms with Crippen molar-refractivity contribution in [2.45, 2.75) is 6.92 Å². The van der Waals surface area contributed by atoms with Crippen LogP contribution in [-0.2, 0) is 14.3 Å². The zero-order valence-electron chi connectivity index (χ0n) is 14.4. The molecule has 0 saturated carbocycles. The third kappa shape index (κ3) is 6.50. The third-order valence-electron chi connectivity index (χ3n) is 3.26. The lowest BCUT2D eigenvalue weighted by Crippen LogP contribution is -2.20. The summed E-state index contributed by atoms with van der Waals surface area (Å²) in [5.41, 5.74) is 0.973. The van der Waals surface area contributed by atoms with Crippen LogP contribution in [0.1, 0.15) is 17.3 Å². The Balaban J connectivity index is 1.80. The fraction of sp³-hybridized carbons (Fsp3) is 0.263. The van der Waals surface area contributed by atoms with Crippen LogP contribution in [0, 0.1) is 0 Å². The van der Waals surface area contributed by atoms with Gasteiger partial charge in [0.25, 0.3) is 5.91 Å². The van der Waals surface area contributed by atoms with E-state index in [-0.39, 0.29) is 19.1 Å². The molecule has 1 amide bonds. The normalized spacial score (nSPS) is 10.2. The van der Waals surface area contributed by atoms with Crippen molar-refractivity contribution in [3.8, 4) is 5.75 Å². The number of ether oxygens (including phenoxy) is 3. The van der Waals surface area contributed by atoms with Gasteiger partial charge in [-0.3, -0.25) is 4.79 Å². The minimum absolute atomic E-state index is 0.121. The highest BCUT2D eigenvalue weighted by Gasteiger charge is 2.09. The molecule has 0 saturated heterocycles. The van der Waals surface area contributed by atoms with Crippen molar-refractivity contribution >= 4 is 33.5 Å². The van der Waals surface area contributed by atoms with Crippen molar-refractivity contribution in [1.82, 2.24) is 0 Å². The molecular weight excluding hydrogens is 402 g/mol. The Morgan fingerprint density at radius 3 is 2.46 bits per heavy atom. The molecule has 138 valence electrons. The monoisotopic (exact) mass is 421 g/mol. The van der Waals surface area contributed by atoms with Crippen molar-refractivity contribution in [3.05, 3.63) is 58.6 Å². The van der Waals surface area contributed by atoms with Crippen LogP contribution in [-0.4, -0.2) is 38.3 Å². The van der Waals surface area contributed by atoms with Gasteiger partial charge in [0.05, 0.1) is 16.6 Å². The number of benzene rings is 2. The van der Waals surface area contributed by atoms with Gasteiger partial charge in [-0.2, -0.15) is 0 Å². The summed E-state index contributed by atoms with van der Waals surface area (Å²) in [6.07, 6.45) is 0. The maximum Gasteiger partial charge on any atom is 0.338 e. The molecule has 0 aliphatic heterocycles. The second-order valence-electron chi connectivity index (χ2n) is 5.18. The summed E-state index contributed by atoms with van der Waals surface area (Å²) in [7, 11) is 0. The maximum absolute atomic E-state index is 12.0. The standard InChI is InChI=1S/C19H20BrNO5/c1-2-24-11-12-25-19(23)14-7-9-15(10-8-14)21-18(22)13-26-17-6-4-3-5-16(17)20/h3-10H,2,11-13H2,1H3,(H,21,22). The lowest BCUT2D eigenvalue weighted by Gasteiger charge is -2.09. The molecule has 7 heteroatoms. The Hall–Kier alpha value is -2.38. The van der Waals surface area contributed by atoms with Crippen LogP contribution in [0.4, 0.5) is 5.69 Å². The quantitative estimate of drug-likeness (QED) is 0.493. The van der Waals surface area contributed by atoms with E-state index < -0.39 is 5.97 Å². The van der Waals surface area contributed by atoms with E-state index in [2.05, 4.69) is 21.2 Å². The molecule has 0 radical (unpaired) electrons. The second kappa shape index (κ2) is 10.6. The minimum atomic E-state index is -0.431. The molecule has 0 heterocycles. The van der Waals surface area contributed by atoms with Crippen LogP contribution in [0.25, 0.3) is 0 Å². The Bertz CT molecular complexity index is 733. The highest BCUT2D eigenvalue weighted by atomic mass is 79.9. The summed E-state index contributed by atoms with van der Waals surface area (Å²) in [4.78, 5) is 23.8. The van der Waals surface area contributed by atoms with Crippen LogP contribution in [0.2, 0.25) is 0 Å². The molecule has 2 rings (SSSR count). The lowest BCUT2D eigenvalue weighted by atomic mass is 10.2. The predicted molar refractivity (Wildman–Crippen MR) is 101 cm³/mol. The van der Waals surface area contributed by atoms with Gasteiger partial charge in [-0.1, -0.05) is 12.1 Å². The molecule has 2 aromatic carbocycles. The number of amides is 1. The third-order valence-corrected chi connectivity index (χ3v) is 3.92. The highest BCUT2D eigenvalue weighted by molar-refractivity contribution is 9.10. The number of carbonyl (C=O) groups excluding carboxylic acids is 2. The molecule has 0 aliphatic carbocycles. The molecule has 0 atom stereocenters. The first-order chi connectivity index (χ1) is 12.6. The summed E-state index contributed by atoms with van der Waals surface area (Å²) in [6.45, 7) is 2.91. The average Bonchev–Trinajstić information content (AvgIpc) is 2.65. The number of hydrogen-bond acceptors (Lipinski definition) is 5. The number of nitrogens with one attached hydrogen (secondary N) is 1. The van der Waals surface area contributed by atoms with Crippen LogP contribution >= 0.6 is 15.9 Å². The smallest absolute Gasteiger partial charge is 0.338 e. The maximum atomic E-state index is 12.0. The molecule has 26 heavy (non-hydrogen) atoms. The Morgan fingerprint density at radius 1 is 1.04 bits per heavy atom. The molecule has 0 spiro atoms. The highest BCUT2D eigenvalue weighted by Crippen LogP contribution is 2.23. The molecular formula is C19H20BrNO5. The van der Waals surface area contributed by atoms with E-state index >= 15 is 0 Å². The van der Waals surface area contributed by atoms with E-state index in [1.165, 1.54) is 0 Å². The second-order valence-corrected chi connectivity index (χ2v) is 6.03. The number of halogens is 1. The fourth-order valence-corrected chi connectivity index (χ4v) is 2.41. The van der Waals surface area contributed by atoms with E-state index in [9.17, 15) is 9.59 Å². The fourth-order valence-electron chi connectivity index (χ4n) is 2.01. The summed E-state index contributed by atoms with van der Waals surface area (Å²) >= 11 is 3.35. The van der Waals surface area contributed by atoms with Crippen molar-refractivity contribution in [1.29, 1.82) is 0 Å². The number of anilines is 1. The average molecular weight is 422 g/mol. The SMILES string of the molecule is CCOCCOC(=O)c1ccc(NC(=O)COc2ccccc2Br)cc1. The van der Waals surface area contributed by atoms with Gasteiger partial charge in [-0.25, -0.2) is 4.79 Å². The van der Waals surface area contributed by atoms with Gasteiger partial charge in [-0.15, -0.1) is 0 Å². The lowest BCUT2D eigenvalue weighted by molar-refractivity contribution is -0.118. The topological polar surface area (TPSA) is 73.9 Å². The minimum Gasteiger partial charge on any atom is -0.483 e. The predicted octanol–water partition coefficient (Wildman–Crippen LogP) is 3.66. The van der Waals surface area contributed by atoms with Gasteiger partial charge < -0.3 is 19.5 Å². The van der Waals surface area contributed by atoms with Crippen LogP contribution in [0.15, 0.2) is 53.0 Å². The Kier molecular flexibility index (Phi) is 8.11. The number of esters is 1. The van der Waals surface area contributed by atoms with Crippen LogP contribution < -0.4 is 10.1 Å². The molecule has 0 aromatic heterocycles. The molecule has 0 bridgehead atoms. The number of rotatable bonds is 9. The molecule has 0 unspecified atom stereocenters. The summed E-state index contributed by atoms with van der Waals surface area (Å²) < 4.78 is 16.4. The summed E-state index contributed by atoms with van der Waals surface area (Å²) in [6, 6.07) is 13.7. The summed E-state index contributed by atoms with van der Waals surface area (Å²) in [5.74, 6) is -0.138. The molecule has 0 aliphatic rings. The first-order valence-corrected chi connectivity index (χ1v) is 8.91. The summed E-state index contributed by atoms with van der Waals surface area (Å²) in [5, 5.41) is 2.71. The van der Waals surface area contributed by atoms with Gasteiger partial charge in [0.1, 0.15) is 12.4 Å². The molecule has 0 fully saturated rings. The molecule has 1 N–H and O–H groups in total. The molecule has 6 nitrogen and oxygen atoms in total. The first kappa shape index (κ1) is 19.9. The van der Waals surface area contributed by atoms with Gasteiger partial charge in [0.15, 0.2) is 6.61 Å². The van der Waals surface area contributed by atoms with E-state index in [1.807, 2.05) is 25.1 Å². The zero-order valence-corrected chi connectivity index (χ0v) is 16.0. The van der Waals surface area contributed by atoms with Crippen molar-refractivity contribution in [3.63, 3.8) is 0 Å². The van der Waals surface area contributed by atoms with E-state index in [1.54, 1.807) is 30.3 Å². The largest absolute Gasteiger partial charge is 0.483 e. The number of para-hydroxylation sites is 1. The number of hydrogen-bond donors (Lipinski definition) is 1. The van der Waals surface area contributed by atoms with E-state index in [0.717, 1.165) is 4.47 Å². The van der Waals surface area contributed by atoms with Gasteiger partial charge in [0, 0.05) is 12.3 Å². The van der Waals surface area contributed by atoms with Crippen molar-refractivity contribution < 1.29 is 23.8 Å². The van der Waals surface area contributed by atoms with E-state index in [4.69, 9.17) is 14.2 Å². The van der Waals surface area contributed by atoms with Crippen LogP contribution in [0.3, 0.4) is 0 Å².